The van der Waals surface area contributed by atoms with Crippen molar-refractivity contribution in [2.75, 3.05) is 17.9 Å². The van der Waals surface area contributed by atoms with E-state index in [0.29, 0.717) is 5.69 Å². The van der Waals surface area contributed by atoms with Crippen LogP contribution in [0.3, 0.4) is 0 Å². The highest BCUT2D eigenvalue weighted by Gasteiger charge is 2.34. The van der Waals surface area contributed by atoms with E-state index in [1.54, 1.807) is 43.4 Å². The van der Waals surface area contributed by atoms with Crippen LogP contribution in [0.1, 0.15) is 33.4 Å². The van der Waals surface area contributed by atoms with Crippen LogP contribution in [0.5, 0.6) is 0 Å². The van der Waals surface area contributed by atoms with Crippen molar-refractivity contribution in [3.8, 4) is 0 Å². The molecule has 4 rings (SSSR count). The number of benzene rings is 4. The van der Waals surface area contributed by atoms with Gasteiger partial charge >= 0.3 is 0 Å². The molecule has 0 heterocycles. The molecule has 4 aromatic carbocycles. The Kier molecular flexibility index (Phi) is 10.0. The summed E-state index contributed by atoms with van der Waals surface area (Å²) in [5, 5.41) is 2.72. The maximum absolute atomic E-state index is 14.4. The molecule has 1 unspecified atom stereocenters. The van der Waals surface area contributed by atoms with Crippen LogP contribution in [0.15, 0.2) is 102 Å². The molecule has 0 fully saturated rings. The van der Waals surface area contributed by atoms with Crippen LogP contribution in [0, 0.1) is 27.7 Å². The summed E-state index contributed by atoms with van der Waals surface area (Å²) in [6.45, 7) is 7.28. The number of hydrogen-bond acceptors (Lipinski definition) is 4. The number of rotatable bonds is 11. The topological polar surface area (TPSA) is 86.8 Å². The SMILES string of the molecule is CNC(=O)C(Cc1ccccc1)N(Cc1ccccc1C)C(=O)CN(c1cc(C)cc(C)c1)S(=O)(=O)c1ccc(C)cc1. The molecule has 0 saturated heterocycles. The molecule has 0 radical (unpaired) electrons. The second kappa shape index (κ2) is 13.7. The van der Waals surface area contributed by atoms with Gasteiger partial charge in [0, 0.05) is 20.0 Å². The summed E-state index contributed by atoms with van der Waals surface area (Å²) in [7, 11) is -2.60. The number of aryl methyl sites for hydroxylation is 4. The molecule has 8 heteroatoms. The lowest BCUT2D eigenvalue weighted by molar-refractivity contribution is -0.139. The van der Waals surface area contributed by atoms with Crippen molar-refractivity contribution in [2.45, 2.75) is 51.6 Å². The smallest absolute Gasteiger partial charge is 0.264 e. The zero-order valence-corrected chi connectivity index (χ0v) is 26.2. The van der Waals surface area contributed by atoms with Crippen molar-refractivity contribution >= 4 is 27.5 Å². The predicted octanol–water partition coefficient (Wildman–Crippen LogP) is 5.50. The van der Waals surface area contributed by atoms with Crippen LogP contribution >= 0.6 is 0 Å². The van der Waals surface area contributed by atoms with Gasteiger partial charge in [-0.3, -0.25) is 13.9 Å². The molecule has 1 atom stereocenters. The van der Waals surface area contributed by atoms with Gasteiger partial charge in [-0.15, -0.1) is 0 Å². The van der Waals surface area contributed by atoms with Gasteiger partial charge in [0.05, 0.1) is 10.6 Å². The second-order valence-corrected chi connectivity index (χ2v) is 12.8. The summed E-state index contributed by atoms with van der Waals surface area (Å²) in [4.78, 5) is 29.4. The molecule has 0 aliphatic heterocycles. The minimum atomic E-state index is -4.14. The Balaban J connectivity index is 1.82. The average Bonchev–Trinajstić information content (AvgIpc) is 2.98. The third-order valence-corrected chi connectivity index (χ3v) is 9.29. The maximum Gasteiger partial charge on any atom is 0.264 e. The van der Waals surface area contributed by atoms with Crippen molar-refractivity contribution in [1.82, 2.24) is 10.2 Å². The van der Waals surface area contributed by atoms with Gasteiger partial charge in [-0.1, -0.05) is 78.4 Å². The number of amides is 2. The highest BCUT2D eigenvalue weighted by Crippen LogP contribution is 2.27. The first kappa shape index (κ1) is 31.5. The van der Waals surface area contributed by atoms with E-state index in [9.17, 15) is 18.0 Å². The summed E-state index contributed by atoms with van der Waals surface area (Å²) < 4.78 is 29.5. The molecule has 224 valence electrons. The summed E-state index contributed by atoms with van der Waals surface area (Å²) in [5.41, 5.74) is 5.78. The van der Waals surface area contributed by atoms with Crippen molar-refractivity contribution in [3.63, 3.8) is 0 Å². The number of nitrogens with zero attached hydrogens (tertiary/aromatic N) is 2. The molecule has 0 saturated carbocycles. The van der Waals surface area contributed by atoms with Crippen LogP contribution in [0.4, 0.5) is 5.69 Å². The van der Waals surface area contributed by atoms with Gasteiger partial charge in [-0.25, -0.2) is 8.42 Å². The fourth-order valence-corrected chi connectivity index (χ4v) is 6.55. The Hall–Kier alpha value is -4.43. The number of hydrogen-bond donors (Lipinski definition) is 1. The van der Waals surface area contributed by atoms with E-state index in [4.69, 9.17) is 0 Å². The number of sulfonamides is 1. The molecule has 1 N–H and O–H groups in total. The molecule has 0 aliphatic carbocycles. The fourth-order valence-electron chi connectivity index (χ4n) is 5.15. The number of carbonyl (C=O) groups excluding carboxylic acids is 2. The molecular weight excluding hydrogens is 558 g/mol. The molecule has 7 nitrogen and oxygen atoms in total. The largest absolute Gasteiger partial charge is 0.357 e. The van der Waals surface area contributed by atoms with E-state index in [2.05, 4.69) is 5.32 Å². The van der Waals surface area contributed by atoms with Crippen molar-refractivity contribution in [2.24, 2.45) is 0 Å². The third kappa shape index (κ3) is 7.70. The Bertz CT molecular complexity index is 1670. The molecule has 0 aromatic heterocycles. The third-order valence-electron chi connectivity index (χ3n) is 7.50. The molecule has 2 amide bonds. The van der Waals surface area contributed by atoms with Gasteiger partial charge < -0.3 is 10.2 Å². The Morgan fingerprint density at radius 1 is 0.767 bits per heavy atom. The first-order valence-corrected chi connectivity index (χ1v) is 15.7. The highest BCUT2D eigenvalue weighted by molar-refractivity contribution is 7.92. The predicted molar refractivity (Wildman–Crippen MR) is 171 cm³/mol. The summed E-state index contributed by atoms with van der Waals surface area (Å²) in [6, 6.07) is 28.4. The normalized spacial score (nSPS) is 11.9. The lowest BCUT2D eigenvalue weighted by Crippen LogP contribution is -2.53. The van der Waals surface area contributed by atoms with Gasteiger partial charge in [0.25, 0.3) is 10.0 Å². The van der Waals surface area contributed by atoms with Crippen LogP contribution in [-0.2, 0) is 32.6 Å². The molecule has 0 aliphatic rings. The number of carbonyl (C=O) groups is 2. The van der Waals surface area contributed by atoms with Gasteiger partial charge in [0.15, 0.2) is 0 Å². The van der Waals surface area contributed by atoms with Gasteiger partial charge in [-0.2, -0.15) is 0 Å². The molecule has 43 heavy (non-hydrogen) atoms. The minimum Gasteiger partial charge on any atom is -0.357 e. The monoisotopic (exact) mass is 597 g/mol. The molecule has 0 spiro atoms. The van der Waals surface area contributed by atoms with E-state index >= 15 is 0 Å². The average molecular weight is 598 g/mol. The van der Waals surface area contributed by atoms with E-state index in [-0.39, 0.29) is 23.8 Å². The first-order valence-electron chi connectivity index (χ1n) is 14.3. The Morgan fingerprint density at radius 2 is 1.37 bits per heavy atom. The zero-order chi connectivity index (χ0) is 31.1. The molecule has 4 aromatic rings. The summed E-state index contributed by atoms with van der Waals surface area (Å²) >= 11 is 0. The van der Waals surface area contributed by atoms with E-state index < -0.39 is 28.5 Å². The number of likely N-dealkylation sites (N-methyl/N-ethyl adjacent to an activating group) is 1. The summed E-state index contributed by atoms with van der Waals surface area (Å²) in [5.74, 6) is -0.812. The summed E-state index contributed by atoms with van der Waals surface area (Å²) in [6.07, 6.45) is 0.270. The molecule has 0 bridgehead atoms. The Morgan fingerprint density at radius 3 is 1.98 bits per heavy atom. The van der Waals surface area contributed by atoms with Gasteiger partial charge in [0.2, 0.25) is 11.8 Å². The van der Waals surface area contributed by atoms with E-state index in [0.717, 1.165) is 37.7 Å². The highest BCUT2D eigenvalue weighted by atomic mass is 32.2. The minimum absolute atomic E-state index is 0.0858. The van der Waals surface area contributed by atoms with Crippen molar-refractivity contribution in [1.29, 1.82) is 0 Å². The van der Waals surface area contributed by atoms with E-state index in [1.807, 2.05) is 88.4 Å². The number of nitrogens with one attached hydrogen (secondary N) is 1. The standard InChI is InChI=1S/C35H39N3O4S/c1-25-15-17-32(18-16-25)43(41,42)38(31-20-26(2)19-27(3)21-31)24-34(39)37(23-30-14-10-9-11-28(30)4)33(35(40)36-5)22-29-12-7-6-8-13-29/h6-21,33H,22-24H2,1-5H3,(H,36,40). The lowest BCUT2D eigenvalue weighted by atomic mass is 10.0. The Labute approximate surface area is 255 Å². The van der Waals surface area contributed by atoms with Crippen LogP contribution in [0.25, 0.3) is 0 Å². The van der Waals surface area contributed by atoms with Crippen LogP contribution in [-0.4, -0.2) is 44.8 Å². The van der Waals surface area contributed by atoms with Crippen LogP contribution in [0.2, 0.25) is 0 Å². The van der Waals surface area contributed by atoms with Gasteiger partial charge in [-0.05, 0) is 79.8 Å². The maximum atomic E-state index is 14.4. The van der Waals surface area contributed by atoms with Gasteiger partial charge in [0.1, 0.15) is 12.6 Å². The number of anilines is 1. The van der Waals surface area contributed by atoms with Crippen molar-refractivity contribution < 1.29 is 18.0 Å². The first-order chi connectivity index (χ1) is 20.5. The lowest BCUT2D eigenvalue weighted by Gasteiger charge is -2.34. The fraction of sp³-hybridized carbons (Fsp3) is 0.257. The van der Waals surface area contributed by atoms with E-state index in [1.165, 1.54) is 4.90 Å². The van der Waals surface area contributed by atoms with Crippen molar-refractivity contribution in [3.05, 3.63) is 130 Å². The second-order valence-electron chi connectivity index (χ2n) is 10.9. The zero-order valence-electron chi connectivity index (χ0n) is 25.4. The molecular formula is C35H39N3O4S. The quantitative estimate of drug-likeness (QED) is 0.247. The van der Waals surface area contributed by atoms with Crippen LogP contribution < -0.4 is 9.62 Å².